The quantitative estimate of drug-likeness (QED) is 0.873. The van der Waals surface area contributed by atoms with Crippen molar-refractivity contribution in [1.29, 1.82) is 0 Å². The number of halogens is 3. The van der Waals surface area contributed by atoms with E-state index in [0.717, 1.165) is 12.1 Å². The third-order valence-electron chi connectivity index (χ3n) is 3.83. The van der Waals surface area contributed by atoms with Crippen LogP contribution in [0.2, 0.25) is 0 Å². The number of rotatable bonds is 3. The highest BCUT2D eigenvalue weighted by molar-refractivity contribution is 6.06. The van der Waals surface area contributed by atoms with Crippen LogP contribution < -0.4 is 5.32 Å². The number of carbonyl (C=O) groups is 2. The highest BCUT2D eigenvalue weighted by Crippen LogP contribution is 2.31. The Morgan fingerprint density at radius 2 is 1.95 bits per heavy atom. The summed E-state index contributed by atoms with van der Waals surface area (Å²) in [5.74, 6) is -0.429. The Morgan fingerprint density at radius 1 is 1.29 bits per heavy atom. The van der Waals surface area contributed by atoms with Crippen molar-refractivity contribution in [2.75, 3.05) is 0 Å². The minimum Gasteiger partial charge on any atom is -0.306 e. The van der Waals surface area contributed by atoms with Gasteiger partial charge in [-0.2, -0.15) is 13.2 Å². The molecule has 2 rings (SSSR count). The Morgan fingerprint density at radius 3 is 2.52 bits per heavy atom. The maximum Gasteiger partial charge on any atom is 0.416 e. The van der Waals surface area contributed by atoms with E-state index in [1.54, 1.807) is 13.8 Å². The first-order valence-electron chi connectivity index (χ1n) is 6.47. The molecule has 1 aliphatic rings. The molecular formula is C14H15F3N2O2. The average molecular weight is 300 g/mol. The number of nitrogens with one attached hydrogen (secondary N) is 1. The van der Waals surface area contributed by atoms with Gasteiger partial charge in [0.1, 0.15) is 5.54 Å². The van der Waals surface area contributed by atoms with E-state index in [1.165, 1.54) is 17.0 Å². The molecule has 0 radical (unpaired) electrons. The molecular weight excluding hydrogens is 285 g/mol. The molecule has 1 N–H and O–H groups in total. The summed E-state index contributed by atoms with van der Waals surface area (Å²) in [7, 11) is 0. The van der Waals surface area contributed by atoms with Crippen LogP contribution in [-0.4, -0.2) is 22.4 Å². The number of amides is 3. The minimum absolute atomic E-state index is 0.0498. The molecule has 1 atom stereocenters. The van der Waals surface area contributed by atoms with E-state index in [9.17, 15) is 22.8 Å². The lowest BCUT2D eigenvalue weighted by Crippen LogP contribution is -2.46. The van der Waals surface area contributed by atoms with Gasteiger partial charge >= 0.3 is 12.2 Å². The molecule has 1 unspecified atom stereocenters. The van der Waals surface area contributed by atoms with Crippen molar-refractivity contribution >= 4 is 11.9 Å². The predicted octanol–water partition coefficient (Wildman–Crippen LogP) is 2.93. The molecule has 1 aromatic carbocycles. The summed E-state index contributed by atoms with van der Waals surface area (Å²) < 4.78 is 38.1. The Labute approximate surface area is 119 Å². The second-order valence-corrected chi connectivity index (χ2v) is 5.17. The van der Waals surface area contributed by atoms with Crippen molar-refractivity contribution in [2.24, 2.45) is 0 Å². The van der Waals surface area contributed by atoms with Crippen LogP contribution in [0.5, 0.6) is 0 Å². The van der Waals surface area contributed by atoms with Crippen molar-refractivity contribution in [3.63, 3.8) is 0 Å². The van der Waals surface area contributed by atoms with Gasteiger partial charge < -0.3 is 4.90 Å². The Balaban J connectivity index is 2.29. The fourth-order valence-electron chi connectivity index (χ4n) is 2.27. The maximum absolute atomic E-state index is 12.7. The summed E-state index contributed by atoms with van der Waals surface area (Å²) in [5.41, 5.74) is -1.48. The molecule has 1 saturated heterocycles. The molecule has 7 heteroatoms. The van der Waals surface area contributed by atoms with E-state index >= 15 is 0 Å². The van der Waals surface area contributed by atoms with Crippen molar-refractivity contribution in [1.82, 2.24) is 10.2 Å². The standard InChI is InChI=1S/C14H15F3N2O2/c1-3-13(2)11(20)18-12(21)19(13)8-9-5-4-6-10(7-9)14(15,16)17/h4-7H,3,8H2,1-2H3,(H,18,20,21). The van der Waals surface area contributed by atoms with E-state index in [4.69, 9.17) is 0 Å². The number of alkyl halides is 3. The number of carbonyl (C=O) groups excluding carboxylic acids is 2. The fourth-order valence-corrected chi connectivity index (χ4v) is 2.27. The fraction of sp³-hybridized carbons (Fsp3) is 0.429. The van der Waals surface area contributed by atoms with Gasteiger partial charge in [0.2, 0.25) is 0 Å². The van der Waals surface area contributed by atoms with Gasteiger partial charge in [-0.25, -0.2) is 4.79 Å². The SMILES string of the molecule is CCC1(C)C(=O)NC(=O)N1Cc1cccc(C(F)(F)F)c1. The molecule has 0 saturated carbocycles. The molecule has 1 aromatic rings. The summed E-state index contributed by atoms with van der Waals surface area (Å²) in [6, 6.07) is 4.17. The molecule has 3 amide bonds. The largest absolute Gasteiger partial charge is 0.416 e. The lowest BCUT2D eigenvalue weighted by molar-refractivity contribution is -0.137. The van der Waals surface area contributed by atoms with E-state index in [0.29, 0.717) is 12.0 Å². The van der Waals surface area contributed by atoms with E-state index < -0.39 is 29.2 Å². The van der Waals surface area contributed by atoms with E-state index in [1.807, 2.05) is 0 Å². The minimum atomic E-state index is -4.44. The van der Waals surface area contributed by atoms with Crippen molar-refractivity contribution < 1.29 is 22.8 Å². The van der Waals surface area contributed by atoms with Gasteiger partial charge in [-0.1, -0.05) is 19.1 Å². The van der Waals surface area contributed by atoms with Gasteiger partial charge in [-0.05, 0) is 31.0 Å². The van der Waals surface area contributed by atoms with Crippen molar-refractivity contribution in [3.05, 3.63) is 35.4 Å². The molecule has 0 spiro atoms. The van der Waals surface area contributed by atoms with Gasteiger partial charge in [-0.3, -0.25) is 10.1 Å². The van der Waals surface area contributed by atoms with Gasteiger partial charge in [0.25, 0.3) is 5.91 Å². The monoisotopic (exact) mass is 300 g/mol. The van der Waals surface area contributed by atoms with Crippen molar-refractivity contribution in [3.8, 4) is 0 Å². The molecule has 0 aromatic heterocycles. The van der Waals surface area contributed by atoms with Crippen LogP contribution in [0.3, 0.4) is 0 Å². The summed E-state index contributed by atoms with van der Waals surface area (Å²) in [5, 5.41) is 2.20. The Hall–Kier alpha value is -2.05. The first kappa shape index (κ1) is 15.3. The second kappa shape index (κ2) is 5.05. The zero-order valence-electron chi connectivity index (χ0n) is 11.6. The van der Waals surface area contributed by atoms with Crippen LogP contribution in [-0.2, 0) is 17.5 Å². The molecule has 4 nitrogen and oxygen atoms in total. The van der Waals surface area contributed by atoms with Gasteiger partial charge in [-0.15, -0.1) is 0 Å². The molecule has 114 valence electrons. The zero-order valence-corrected chi connectivity index (χ0v) is 11.6. The predicted molar refractivity (Wildman–Crippen MR) is 69.2 cm³/mol. The number of benzene rings is 1. The van der Waals surface area contributed by atoms with Gasteiger partial charge in [0, 0.05) is 6.54 Å². The normalized spacial score (nSPS) is 22.6. The first-order valence-corrected chi connectivity index (χ1v) is 6.47. The summed E-state index contributed by atoms with van der Waals surface area (Å²) >= 11 is 0. The topological polar surface area (TPSA) is 49.4 Å². The van der Waals surface area contributed by atoms with Crippen LogP contribution in [0.1, 0.15) is 31.4 Å². The number of urea groups is 1. The lowest BCUT2D eigenvalue weighted by Gasteiger charge is -2.30. The lowest BCUT2D eigenvalue weighted by atomic mass is 9.96. The molecule has 0 aliphatic carbocycles. The number of imide groups is 1. The third-order valence-corrected chi connectivity index (χ3v) is 3.83. The second-order valence-electron chi connectivity index (χ2n) is 5.17. The molecule has 0 bridgehead atoms. The Bertz CT molecular complexity index is 586. The van der Waals surface area contributed by atoms with Gasteiger partial charge in [0.15, 0.2) is 0 Å². The van der Waals surface area contributed by atoms with Crippen LogP contribution in [0.25, 0.3) is 0 Å². The summed E-state index contributed by atoms with van der Waals surface area (Å²) in [6.07, 6.45) is -4.06. The summed E-state index contributed by atoms with van der Waals surface area (Å²) in [6.45, 7) is 3.30. The van der Waals surface area contributed by atoms with Crippen LogP contribution in [0, 0.1) is 0 Å². The highest BCUT2D eigenvalue weighted by Gasteiger charge is 2.47. The zero-order chi connectivity index (χ0) is 15.8. The molecule has 1 heterocycles. The van der Waals surface area contributed by atoms with Crippen molar-refractivity contribution in [2.45, 2.75) is 38.5 Å². The van der Waals surface area contributed by atoms with Crippen LogP contribution in [0.4, 0.5) is 18.0 Å². The van der Waals surface area contributed by atoms with E-state index in [-0.39, 0.29) is 6.54 Å². The average Bonchev–Trinajstić information content (AvgIpc) is 2.62. The van der Waals surface area contributed by atoms with Crippen LogP contribution >= 0.6 is 0 Å². The number of hydrogen-bond donors (Lipinski definition) is 1. The van der Waals surface area contributed by atoms with E-state index in [2.05, 4.69) is 5.32 Å². The molecule has 1 fully saturated rings. The Kier molecular flexibility index (Phi) is 3.69. The number of nitrogens with zero attached hydrogens (tertiary/aromatic N) is 1. The van der Waals surface area contributed by atoms with Crippen LogP contribution in [0.15, 0.2) is 24.3 Å². The first-order chi connectivity index (χ1) is 9.68. The maximum atomic E-state index is 12.7. The highest BCUT2D eigenvalue weighted by atomic mass is 19.4. The molecule has 1 aliphatic heterocycles. The smallest absolute Gasteiger partial charge is 0.306 e. The third kappa shape index (κ3) is 2.72. The molecule has 21 heavy (non-hydrogen) atoms. The summed E-state index contributed by atoms with van der Waals surface area (Å²) in [4.78, 5) is 24.9. The van der Waals surface area contributed by atoms with Gasteiger partial charge in [0.05, 0.1) is 5.56 Å². The number of hydrogen-bond acceptors (Lipinski definition) is 2.